The molecule has 0 radical (unpaired) electrons. The van der Waals surface area contributed by atoms with Gasteiger partial charge in [0.2, 0.25) is 0 Å². The molecule has 5 rings (SSSR count). The number of ether oxygens (including phenoxy) is 3. The van der Waals surface area contributed by atoms with E-state index in [0.29, 0.717) is 36.4 Å². The van der Waals surface area contributed by atoms with E-state index in [1.165, 1.54) is 0 Å². The van der Waals surface area contributed by atoms with Crippen LogP contribution in [0.4, 0.5) is 5.82 Å². The Balaban J connectivity index is 1.39. The van der Waals surface area contributed by atoms with Crippen molar-refractivity contribution in [1.82, 2.24) is 19.9 Å². The van der Waals surface area contributed by atoms with Crippen molar-refractivity contribution in [3.63, 3.8) is 0 Å². The van der Waals surface area contributed by atoms with Crippen LogP contribution in [0.25, 0.3) is 11.2 Å². The predicted octanol–water partition coefficient (Wildman–Crippen LogP) is 4.63. The standard InChI is InChI=1S/C26H29N5O3S/c1-3-22-27-23-24(28-22)29-26(30-25(23)31-11-13-33-14-12-31)35-17-19-9-10-20(32-2)15-21(19)34-16-18-7-5-4-6-8-18/h4-10,15H,3,11-14,16-17H2,1-2H3,(H,27,28,29,30). The highest BCUT2D eigenvalue weighted by Gasteiger charge is 2.20. The number of methoxy groups -OCH3 is 1. The average Bonchev–Trinajstić information content (AvgIpc) is 3.35. The van der Waals surface area contributed by atoms with Crippen LogP contribution in [0.3, 0.4) is 0 Å². The smallest absolute Gasteiger partial charge is 0.192 e. The van der Waals surface area contributed by atoms with Crippen LogP contribution in [-0.4, -0.2) is 53.3 Å². The number of H-pyrrole nitrogens is 1. The van der Waals surface area contributed by atoms with Gasteiger partial charge in [-0.2, -0.15) is 0 Å². The summed E-state index contributed by atoms with van der Waals surface area (Å²) in [5, 5.41) is 0.693. The Labute approximate surface area is 209 Å². The maximum atomic E-state index is 6.19. The van der Waals surface area contributed by atoms with Gasteiger partial charge in [-0.3, -0.25) is 0 Å². The Morgan fingerprint density at radius 1 is 1.06 bits per heavy atom. The normalized spacial score (nSPS) is 13.8. The number of aryl methyl sites for hydroxylation is 1. The van der Waals surface area contributed by atoms with Gasteiger partial charge in [-0.05, 0) is 11.6 Å². The highest BCUT2D eigenvalue weighted by atomic mass is 32.2. The Bertz CT molecular complexity index is 1270. The number of thioether (sulfide) groups is 1. The summed E-state index contributed by atoms with van der Waals surface area (Å²) in [6.45, 7) is 5.55. The molecule has 1 aliphatic rings. The minimum atomic E-state index is 0.488. The Kier molecular flexibility index (Phi) is 7.34. The van der Waals surface area contributed by atoms with Gasteiger partial charge in [-0.1, -0.05) is 55.1 Å². The number of aromatic nitrogens is 4. The summed E-state index contributed by atoms with van der Waals surface area (Å²) >= 11 is 1.58. The molecule has 35 heavy (non-hydrogen) atoms. The van der Waals surface area contributed by atoms with Crippen molar-refractivity contribution in [3.05, 3.63) is 65.5 Å². The van der Waals surface area contributed by atoms with E-state index in [1.807, 2.05) is 36.4 Å². The first-order chi connectivity index (χ1) is 17.2. The molecule has 0 aliphatic carbocycles. The number of nitrogens with one attached hydrogen (secondary N) is 1. The van der Waals surface area contributed by atoms with E-state index in [9.17, 15) is 0 Å². The summed E-state index contributed by atoms with van der Waals surface area (Å²) in [4.78, 5) is 20.0. The monoisotopic (exact) mass is 491 g/mol. The third-order valence-electron chi connectivity index (χ3n) is 5.87. The maximum absolute atomic E-state index is 6.19. The summed E-state index contributed by atoms with van der Waals surface area (Å²) in [5.74, 6) is 4.02. The quantitative estimate of drug-likeness (QED) is 0.268. The SMILES string of the molecule is CCc1nc2nc(SCc3ccc(OC)cc3OCc3ccccc3)nc(N3CCOCC3)c2[nH]1. The number of nitrogens with zero attached hydrogens (tertiary/aromatic N) is 4. The van der Waals surface area contributed by atoms with E-state index in [4.69, 9.17) is 24.2 Å². The number of imidazole rings is 1. The van der Waals surface area contributed by atoms with Gasteiger partial charge in [0.25, 0.3) is 0 Å². The number of rotatable bonds is 9. The van der Waals surface area contributed by atoms with Gasteiger partial charge in [0, 0.05) is 36.9 Å². The lowest BCUT2D eigenvalue weighted by atomic mass is 10.2. The Morgan fingerprint density at radius 2 is 1.89 bits per heavy atom. The average molecular weight is 492 g/mol. The third-order valence-corrected chi connectivity index (χ3v) is 6.77. The first-order valence-electron chi connectivity index (χ1n) is 11.8. The van der Waals surface area contributed by atoms with Crippen LogP contribution in [0.1, 0.15) is 23.9 Å². The highest BCUT2D eigenvalue weighted by molar-refractivity contribution is 7.98. The Hall–Kier alpha value is -3.30. The van der Waals surface area contributed by atoms with E-state index < -0.39 is 0 Å². The highest BCUT2D eigenvalue weighted by Crippen LogP contribution is 2.32. The van der Waals surface area contributed by atoms with E-state index in [0.717, 1.165) is 59.3 Å². The molecule has 2 aromatic heterocycles. The first-order valence-corrected chi connectivity index (χ1v) is 12.8. The molecule has 8 nitrogen and oxygen atoms in total. The molecule has 1 aliphatic heterocycles. The minimum Gasteiger partial charge on any atom is -0.497 e. The number of hydrogen-bond acceptors (Lipinski definition) is 8. The molecule has 4 aromatic rings. The second kappa shape index (κ2) is 11.0. The molecule has 182 valence electrons. The largest absolute Gasteiger partial charge is 0.497 e. The van der Waals surface area contributed by atoms with Crippen molar-refractivity contribution >= 4 is 28.7 Å². The van der Waals surface area contributed by atoms with Crippen molar-refractivity contribution in [2.75, 3.05) is 38.3 Å². The topological polar surface area (TPSA) is 85.4 Å². The third kappa shape index (κ3) is 5.52. The van der Waals surface area contributed by atoms with E-state index in [1.54, 1.807) is 18.9 Å². The van der Waals surface area contributed by atoms with E-state index in [2.05, 4.69) is 33.9 Å². The van der Waals surface area contributed by atoms with Crippen LogP contribution >= 0.6 is 11.8 Å². The van der Waals surface area contributed by atoms with Crippen molar-refractivity contribution in [2.24, 2.45) is 0 Å². The minimum absolute atomic E-state index is 0.488. The molecule has 0 amide bonds. The van der Waals surface area contributed by atoms with Crippen molar-refractivity contribution in [1.29, 1.82) is 0 Å². The molecule has 0 bridgehead atoms. The molecule has 0 spiro atoms. The molecule has 9 heteroatoms. The van der Waals surface area contributed by atoms with Crippen molar-refractivity contribution in [3.8, 4) is 11.5 Å². The van der Waals surface area contributed by atoms with Gasteiger partial charge in [0.15, 0.2) is 16.6 Å². The van der Waals surface area contributed by atoms with E-state index >= 15 is 0 Å². The van der Waals surface area contributed by atoms with Crippen LogP contribution in [-0.2, 0) is 23.5 Å². The number of fused-ring (bicyclic) bond motifs is 1. The summed E-state index contributed by atoms with van der Waals surface area (Å²) < 4.78 is 17.2. The molecular formula is C26H29N5O3S. The molecule has 1 N–H and O–H groups in total. The Morgan fingerprint density at radius 3 is 2.66 bits per heavy atom. The molecule has 1 fully saturated rings. The lowest BCUT2D eigenvalue weighted by Gasteiger charge is -2.28. The zero-order valence-electron chi connectivity index (χ0n) is 20.0. The predicted molar refractivity (Wildman–Crippen MR) is 137 cm³/mol. The summed E-state index contributed by atoms with van der Waals surface area (Å²) in [6.07, 6.45) is 0.815. The second-order valence-electron chi connectivity index (χ2n) is 8.20. The van der Waals surface area contributed by atoms with Crippen molar-refractivity contribution in [2.45, 2.75) is 30.9 Å². The molecule has 0 atom stereocenters. The van der Waals surface area contributed by atoms with Gasteiger partial charge >= 0.3 is 0 Å². The molecule has 1 saturated heterocycles. The summed E-state index contributed by atoms with van der Waals surface area (Å²) in [5.41, 5.74) is 3.77. The summed E-state index contributed by atoms with van der Waals surface area (Å²) in [7, 11) is 1.66. The van der Waals surface area contributed by atoms with Gasteiger partial charge in [-0.25, -0.2) is 15.0 Å². The lowest BCUT2D eigenvalue weighted by Crippen LogP contribution is -2.37. The van der Waals surface area contributed by atoms with E-state index in [-0.39, 0.29) is 0 Å². The van der Waals surface area contributed by atoms with Crippen LogP contribution < -0.4 is 14.4 Å². The number of hydrogen-bond donors (Lipinski definition) is 1. The van der Waals surface area contributed by atoms with Gasteiger partial charge in [-0.15, -0.1) is 0 Å². The lowest BCUT2D eigenvalue weighted by molar-refractivity contribution is 0.122. The fourth-order valence-electron chi connectivity index (χ4n) is 3.94. The molecule has 3 heterocycles. The second-order valence-corrected chi connectivity index (χ2v) is 9.14. The van der Waals surface area contributed by atoms with Crippen LogP contribution in [0.15, 0.2) is 53.7 Å². The molecule has 0 unspecified atom stereocenters. The molecular weight excluding hydrogens is 462 g/mol. The number of anilines is 1. The zero-order valence-corrected chi connectivity index (χ0v) is 20.8. The fourth-order valence-corrected chi connectivity index (χ4v) is 4.76. The molecule has 2 aromatic carbocycles. The van der Waals surface area contributed by atoms with Crippen LogP contribution in [0, 0.1) is 0 Å². The summed E-state index contributed by atoms with van der Waals surface area (Å²) in [6, 6.07) is 16.1. The molecule has 0 saturated carbocycles. The first kappa shape index (κ1) is 23.4. The van der Waals surface area contributed by atoms with Gasteiger partial charge in [0.05, 0.1) is 20.3 Å². The van der Waals surface area contributed by atoms with Crippen molar-refractivity contribution < 1.29 is 14.2 Å². The zero-order chi connectivity index (χ0) is 24.0. The van der Waals surface area contributed by atoms with Gasteiger partial charge in [0.1, 0.15) is 29.4 Å². The van der Waals surface area contributed by atoms with Crippen LogP contribution in [0.5, 0.6) is 11.5 Å². The number of aromatic amines is 1. The van der Waals surface area contributed by atoms with Gasteiger partial charge < -0.3 is 24.1 Å². The van der Waals surface area contributed by atoms with Crippen LogP contribution in [0.2, 0.25) is 0 Å². The number of morpholine rings is 1. The maximum Gasteiger partial charge on any atom is 0.192 e. The number of benzene rings is 2. The fraction of sp³-hybridized carbons (Fsp3) is 0.346.